The molecule has 0 nitrogen and oxygen atoms in total. The summed E-state index contributed by atoms with van der Waals surface area (Å²) < 4.78 is 0. The van der Waals surface area contributed by atoms with E-state index in [9.17, 15) is 0 Å². The SMILES string of the molecule is CC(C)(C)CC1CCC2CCCCC21.CC(C)CC1CCC2C=C3CCCC3=CC21.CC1C(C)C(C)C(C)C1C.CC1C(C)C(C)C(C)C1C.CC1CC(C)C(C)C1C.CC1CC(C)C(C)C1C.C[Si](C)(C)CC1CCC2CC3CCCC3CC21.C[Si](C)(C)CC1CCC2c3ccccc3C=CC12.[CH3-].[CH3-].[CH3-].[CH3-].[CH3-].[CH3-].[CH3-].[CH3-].[CH3-].[CH3-].[CH3-].[CH3-].[CH3-].[CH3-].[CH3-].[CH3-].[Hf+4].[Hf+4].[Hf+4].[Hf+4]. The van der Waals surface area contributed by atoms with E-state index in [2.05, 4.69) is 247 Å². The summed E-state index contributed by atoms with van der Waals surface area (Å²) in [7, 11) is -1.76. The monoisotopic (exact) mass is 2410 g/mol. The first-order chi connectivity index (χ1) is 48.2. The van der Waals surface area contributed by atoms with Gasteiger partial charge in [0.15, 0.2) is 0 Å². The summed E-state index contributed by atoms with van der Waals surface area (Å²) in [6, 6.07) is 12.1. The van der Waals surface area contributed by atoms with Crippen LogP contribution in [-0.4, -0.2) is 16.1 Å². The summed E-state index contributed by atoms with van der Waals surface area (Å²) >= 11 is 0. The largest absolute Gasteiger partial charge is 4.00 e. The van der Waals surface area contributed by atoms with E-state index >= 15 is 0 Å². The van der Waals surface area contributed by atoms with Gasteiger partial charge in [-0.3, -0.25) is 0 Å². The van der Waals surface area contributed by atoms with E-state index in [0.717, 1.165) is 195 Å². The molecule has 0 heterocycles. The molecule has 0 amide bonds. The van der Waals surface area contributed by atoms with Crippen LogP contribution in [0.15, 0.2) is 53.6 Å². The maximum Gasteiger partial charge on any atom is 4.00 e. The molecule has 0 N–H and O–H groups in total. The summed E-state index contributed by atoms with van der Waals surface area (Å²) in [5.41, 5.74) is 7.07. The normalized spacial score (nSPS) is 36.5. The number of rotatable bonds is 7. The summed E-state index contributed by atoms with van der Waals surface area (Å²) in [6.45, 7) is 70.3. The van der Waals surface area contributed by atoms with Crippen LogP contribution in [0, 0.1) is 314 Å². The van der Waals surface area contributed by atoms with Crippen molar-refractivity contribution in [3.05, 3.63) is 184 Å². The van der Waals surface area contributed by atoms with Gasteiger partial charge in [-0.2, -0.15) is 0 Å². The van der Waals surface area contributed by atoms with E-state index in [1.54, 1.807) is 87.0 Å². The maximum absolute atomic E-state index is 2.67. The molecule has 0 spiro atoms. The minimum absolute atomic E-state index is 0. The van der Waals surface area contributed by atoms with Gasteiger partial charge in [0.05, 0.1) is 0 Å². The first-order valence-electron chi connectivity index (χ1n) is 46.4. The Morgan fingerprint density at radius 1 is 0.333 bits per heavy atom. The quantitative estimate of drug-likeness (QED) is 0.189. The molecule has 22 atom stereocenters. The Bertz CT molecular complexity index is 2610. The fourth-order valence-corrected chi connectivity index (χ4v) is 30.5. The summed E-state index contributed by atoms with van der Waals surface area (Å²) in [5.74, 6) is 32.3. The summed E-state index contributed by atoms with van der Waals surface area (Å²) in [4.78, 5) is 0. The van der Waals surface area contributed by atoms with Gasteiger partial charge in [-0.25, -0.2) is 0 Å². The second kappa shape index (κ2) is 69.2. The molecule has 6 heteroatoms. The first-order valence-corrected chi connectivity index (χ1v) is 53.8. The molecule has 0 radical (unpaired) electrons. The van der Waals surface area contributed by atoms with Crippen LogP contribution in [0.1, 0.15) is 330 Å². The smallest absolute Gasteiger partial charge is 0.358 e. The van der Waals surface area contributed by atoms with Crippen LogP contribution in [-0.2, 0) is 103 Å². The zero-order valence-electron chi connectivity index (χ0n) is 92.6. The van der Waals surface area contributed by atoms with Gasteiger partial charge in [-0.05, 0) is 332 Å². The third-order valence-corrected chi connectivity index (χ3v) is 38.3. The van der Waals surface area contributed by atoms with Crippen molar-refractivity contribution in [1.29, 1.82) is 0 Å². The molecule has 15 rings (SSSR count). The minimum atomic E-state index is -0.924. The summed E-state index contributed by atoms with van der Waals surface area (Å²) in [5, 5.41) is 0. The van der Waals surface area contributed by atoms with Crippen LogP contribution < -0.4 is 0 Å². The molecule has 14 aliphatic rings. The molecule has 0 aromatic heterocycles. The average Bonchev–Trinajstić information content (AvgIpc) is 1.65. The Kier molecular flexibility index (Phi) is 86.4. The van der Waals surface area contributed by atoms with Crippen LogP contribution in [0.4, 0.5) is 0 Å². The fraction of sp³-hybridized carbons (Fsp3) is 0.761. The van der Waals surface area contributed by atoms with E-state index in [0.29, 0.717) is 5.41 Å². The maximum atomic E-state index is 2.67. The topological polar surface area (TPSA) is 0 Å². The Labute approximate surface area is 865 Å². The molecular weight excluding hydrogens is 2180 g/mol. The van der Waals surface area contributed by atoms with Gasteiger partial charge in [0.25, 0.3) is 0 Å². The predicted octanol–water partition coefficient (Wildman–Crippen LogP) is 39.1. The third kappa shape index (κ3) is 42.9. The molecule has 0 saturated heterocycles. The molecule has 14 aliphatic carbocycles. The molecule has 123 heavy (non-hydrogen) atoms. The number of hydrogen-bond acceptors (Lipinski definition) is 0. The molecule has 1 aromatic rings. The zero-order valence-corrected chi connectivity index (χ0v) is 109. The second-order valence-corrected chi connectivity index (χ2v) is 56.4. The first kappa shape index (κ1) is 154. The van der Waals surface area contributed by atoms with Crippen molar-refractivity contribution in [2.24, 2.45) is 195 Å². The van der Waals surface area contributed by atoms with E-state index in [4.69, 9.17) is 0 Å². The van der Waals surface area contributed by atoms with Gasteiger partial charge in [0.2, 0.25) is 0 Å². The van der Waals surface area contributed by atoms with Crippen LogP contribution in [0.5, 0.6) is 0 Å². The van der Waals surface area contributed by atoms with Crippen molar-refractivity contribution in [2.75, 3.05) is 0 Å². The molecule has 22 unspecified atom stereocenters. The Morgan fingerprint density at radius 3 is 1.11 bits per heavy atom. The van der Waals surface area contributed by atoms with Gasteiger partial charge >= 0.3 is 103 Å². The van der Waals surface area contributed by atoms with Crippen molar-refractivity contribution in [3.8, 4) is 0 Å². The van der Waals surface area contributed by atoms with Gasteiger partial charge in [0, 0.05) is 16.1 Å². The molecule has 720 valence electrons. The van der Waals surface area contributed by atoms with Gasteiger partial charge in [-0.15, -0.1) is 0 Å². The second-order valence-electron chi connectivity index (χ2n) is 45.4. The number of fused-ring (bicyclic) bond motifs is 8. The number of allylic oxidation sites excluding steroid dienone is 5. The zero-order chi connectivity index (χ0) is 75.9. The van der Waals surface area contributed by atoms with E-state index < -0.39 is 16.1 Å². The Balaban J connectivity index is -0.000000101. The van der Waals surface area contributed by atoms with Gasteiger partial charge in [-0.1, -0.05) is 304 Å². The molecule has 12 saturated carbocycles. The summed E-state index contributed by atoms with van der Waals surface area (Å²) in [6.07, 6.45) is 46.3. The van der Waals surface area contributed by atoms with Crippen LogP contribution in [0.3, 0.4) is 0 Å². The molecule has 1 aromatic carbocycles. The number of benzene rings is 1. The van der Waals surface area contributed by atoms with Crippen molar-refractivity contribution in [3.63, 3.8) is 0 Å². The Morgan fingerprint density at radius 2 is 0.699 bits per heavy atom. The van der Waals surface area contributed by atoms with Crippen LogP contribution in [0.2, 0.25) is 51.4 Å². The molecule has 12 fully saturated rings. The molecule has 0 aliphatic heterocycles. The predicted molar refractivity (Wildman–Crippen MR) is 569 cm³/mol. The number of hydrogen-bond donors (Lipinski definition) is 0. The van der Waals surface area contributed by atoms with Crippen molar-refractivity contribution >= 4 is 22.2 Å². The van der Waals surface area contributed by atoms with Crippen molar-refractivity contribution < 1.29 is 103 Å². The van der Waals surface area contributed by atoms with Crippen molar-refractivity contribution in [1.82, 2.24) is 0 Å². The van der Waals surface area contributed by atoms with Crippen molar-refractivity contribution in [2.45, 2.75) is 371 Å². The average molecular weight is 2410 g/mol. The fourth-order valence-electron chi connectivity index (χ4n) is 26.4. The van der Waals surface area contributed by atoms with E-state index in [1.807, 2.05) is 0 Å². The van der Waals surface area contributed by atoms with Crippen LogP contribution in [0.25, 0.3) is 6.08 Å². The molecular formula is C117H228Hf4Si2. The molecule has 0 bridgehead atoms. The third-order valence-electron chi connectivity index (χ3n) is 34.8. The minimum Gasteiger partial charge on any atom is -0.358 e. The van der Waals surface area contributed by atoms with Gasteiger partial charge in [0.1, 0.15) is 0 Å². The van der Waals surface area contributed by atoms with E-state index in [1.165, 1.54) is 101 Å². The van der Waals surface area contributed by atoms with Crippen LogP contribution >= 0.6 is 0 Å². The van der Waals surface area contributed by atoms with Gasteiger partial charge < -0.3 is 119 Å². The standard InChI is InChI=1S/C17H24Si.C16H30Si.C16H24.C14H26.2C10H20.2C9H18.16CH3.4Hf/c1-18(2,3)12-14-9-11-17-15-7-5-4-6-13(15)8-10-16(14)17;1-17(2,3)11-15-8-7-14-9-12-5-4-6-13(12)10-16(14)15;1-11(2)8-14-6-7-15-9-12-4-3-5-13(12)10-16(14)15;1-14(2,3)10-12-9-8-11-6-4-5-7-13(11)12;2*1-6-7(2)9(4)10(5)8(6)3;2*1-6-5-7(2)9(4)8(6)3;;;;;;;;;;;;;;;;;;;;/h4-8,10,14,16-17H,9,11-12H2,1-3H3;12-16H,4-11H2,1-3H3;9-11,14-16H,3-8H2,1-2H3;11-13H,4-10H2,1-3H3;2*6-10H,1-5H3;2*6-9H,5H2,1-4H3;16*1H3;;;;/q;;;;;;;;16*-1;4*+4. The van der Waals surface area contributed by atoms with E-state index in [-0.39, 0.29) is 222 Å². The Hall–Kier alpha value is 2.35.